The van der Waals surface area contributed by atoms with Crippen molar-refractivity contribution in [2.24, 2.45) is 0 Å². The normalized spacial score (nSPS) is 13.1. The Hall–Kier alpha value is -1.11. The SMILES string of the molecule is COC(=O)C(Cl)CNS(=O)(=O)c1ccccc1. The van der Waals surface area contributed by atoms with Crippen LogP contribution >= 0.6 is 11.6 Å². The molecule has 0 amide bonds. The summed E-state index contributed by atoms with van der Waals surface area (Å²) in [6, 6.07) is 7.81. The highest BCUT2D eigenvalue weighted by molar-refractivity contribution is 7.89. The summed E-state index contributed by atoms with van der Waals surface area (Å²) in [6.45, 7) is -0.217. The number of nitrogens with one attached hydrogen (secondary N) is 1. The topological polar surface area (TPSA) is 72.5 Å². The first-order chi connectivity index (χ1) is 7.97. The Morgan fingerprint density at radius 1 is 1.41 bits per heavy atom. The maximum Gasteiger partial charge on any atom is 0.325 e. The predicted molar refractivity (Wildman–Crippen MR) is 63.3 cm³/mol. The molecule has 0 bridgehead atoms. The summed E-state index contributed by atoms with van der Waals surface area (Å²) >= 11 is 5.62. The fraction of sp³-hybridized carbons (Fsp3) is 0.300. The van der Waals surface area contributed by atoms with E-state index in [0.717, 1.165) is 0 Å². The van der Waals surface area contributed by atoms with E-state index in [-0.39, 0.29) is 11.4 Å². The molecule has 7 heteroatoms. The quantitative estimate of drug-likeness (QED) is 0.637. The minimum atomic E-state index is -3.64. The minimum Gasteiger partial charge on any atom is -0.468 e. The van der Waals surface area contributed by atoms with Gasteiger partial charge in [0.25, 0.3) is 0 Å². The number of ether oxygens (including phenoxy) is 1. The van der Waals surface area contributed by atoms with Crippen LogP contribution in [0.3, 0.4) is 0 Å². The van der Waals surface area contributed by atoms with Crippen LogP contribution in [0.15, 0.2) is 35.2 Å². The number of sulfonamides is 1. The van der Waals surface area contributed by atoms with Gasteiger partial charge >= 0.3 is 5.97 Å². The summed E-state index contributed by atoms with van der Waals surface area (Å²) in [5.41, 5.74) is 0. The summed E-state index contributed by atoms with van der Waals surface area (Å²) in [5, 5.41) is -1.04. The van der Waals surface area contributed by atoms with Crippen molar-refractivity contribution in [1.29, 1.82) is 0 Å². The highest BCUT2D eigenvalue weighted by Gasteiger charge is 2.20. The molecular weight excluding hydrogens is 266 g/mol. The van der Waals surface area contributed by atoms with E-state index in [9.17, 15) is 13.2 Å². The maximum atomic E-state index is 11.7. The lowest BCUT2D eigenvalue weighted by atomic mass is 10.4. The third kappa shape index (κ3) is 3.99. The number of methoxy groups -OCH3 is 1. The summed E-state index contributed by atoms with van der Waals surface area (Å²) < 4.78 is 30.1. The van der Waals surface area contributed by atoms with Crippen molar-refractivity contribution in [3.8, 4) is 0 Å². The monoisotopic (exact) mass is 277 g/mol. The van der Waals surface area contributed by atoms with Crippen molar-refractivity contribution in [2.75, 3.05) is 13.7 Å². The lowest BCUT2D eigenvalue weighted by molar-refractivity contribution is -0.140. The number of halogens is 1. The second kappa shape index (κ2) is 6.00. The Kier molecular flexibility index (Phi) is 4.92. The Bertz CT molecular complexity index is 474. The molecule has 1 atom stereocenters. The number of alkyl halides is 1. The minimum absolute atomic E-state index is 0.119. The number of carbonyl (C=O) groups is 1. The van der Waals surface area contributed by atoms with Gasteiger partial charge in [0.1, 0.15) is 5.38 Å². The van der Waals surface area contributed by atoms with E-state index in [2.05, 4.69) is 9.46 Å². The molecule has 0 aromatic heterocycles. The van der Waals surface area contributed by atoms with Crippen LogP contribution in [-0.2, 0) is 19.6 Å². The molecule has 0 aliphatic rings. The molecule has 0 spiro atoms. The Morgan fingerprint density at radius 2 is 2.00 bits per heavy atom. The summed E-state index contributed by atoms with van der Waals surface area (Å²) in [6.07, 6.45) is 0. The molecule has 1 aromatic carbocycles. The van der Waals surface area contributed by atoms with Crippen molar-refractivity contribution >= 4 is 27.6 Å². The first-order valence-electron chi connectivity index (χ1n) is 4.74. The molecule has 0 saturated carbocycles. The van der Waals surface area contributed by atoms with Gasteiger partial charge in [-0.3, -0.25) is 4.79 Å². The molecular formula is C10H12ClNO4S. The van der Waals surface area contributed by atoms with Crippen molar-refractivity contribution in [1.82, 2.24) is 4.72 Å². The molecule has 1 aromatic rings. The van der Waals surface area contributed by atoms with Crippen LogP contribution in [0, 0.1) is 0 Å². The number of hydrogen-bond donors (Lipinski definition) is 1. The molecule has 0 heterocycles. The lowest BCUT2D eigenvalue weighted by Crippen LogP contribution is -2.34. The van der Waals surface area contributed by atoms with Crippen LogP contribution < -0.4 is 4.72 Å². The number of rotatable bonds is 5. The molecule has 1 N–H and O–H groups in total. The summed E-state index contributed by atoms with van der Waals surface area (Å²) in [4.78, 5) is 11.1. The predicted octanol–water partition coefficient (Wildman–Crippen LogP) is 0.745. The van der Waals surface area contributed by atoms with E-state index < -0.39 is 21.4 Å². The van der Waals surface area contributed by atoms with Gasteiger partial charge in [-0.2, -0.15) is 0 Å². The van der Waals surface area contributed by atoms with Crippen LogP contribution in [0.5, 0.6) is 0 Å². The second-order valence-corrected chi connectivity index (χ2v) is 5.45. The van der Waals surface area contributed by atoms with Gasteiger partial charge in [0.05, 0.1) is 12.0 Å². The van der Waals surface area contributed by atoms with E-state index in [1.54, 1.807) is 18.2 Å². The zero-order valence-corrected chi connectivity index (χ0v) is 10.7. The van der Waals surface area contributed by atoms with Crippen LogP contribution in [0.4, 0.5) is 0 Å². The first-order valence-corrected chi connectivity index (χ1v) is 6.66. The zero-order chi connectivity index (χ0) is 12.9. The van der Waals surface area contributed by atoms with E-state index in [1.807, 2.05) is 0 Å². The average molecular weight is 278 g/mol. The first kappa shape index (κ1) is 14.0. The number of esters is 1. The smallest absolute Gasteiger partial charge is 0.325 e. The third-order valence-electron chi connectivity index (χ3n) is 1.96. The highest BCUT2D eigenvalue weighted by Crippen LogP contribution is 2.07. The van der Waals surface area contributed by atoms with Crippen molar-refractivity contribution in [3.05, 3.63) is 30.3 Å². The number of hydrogen-bond acceptors (Lipinski definition) is 4. The average Bonchev–Trinajstić information content (AvgIpc) is 2.36. The van der Waals surface area contributed by atoms with Crippen molar-refractivity contribution < 1.29 is 17.9 Å². The maximum absolute atomic E-state index is 11.7. The van der Waals surface area contributed by atoms with Gasteiger partial charge < -0.3 is 4.74 Å². The van der Waals surface area contributed by atoms with E-state index in [1.165, 1.54) is 19.2 Å². The zero-order valence-electron chi connectivity index (χ0n) is 9.09. The molecule has 1 unspecified atom stereocenters. The molecule has 1 rings (SSSR count). The Morgan fingerprint density at radius 3 is 2.53 bits per heavy atom. The molecule has 0 aliphatic heterocycles. The molecule has 0 aliphatic carbocycles. The van der Waals surface area contributed by atoms with Gasteiger partial charge in [0, 0.05) is 6.54 Å². The fourth-order valence-corrected chi connectivity index (χ4v) is 2.40. The number of benzene rings is 1. The summed E-state index contributed by atoms with van der Waals surface area (Å²) in [5.74, 6) is -0.678. The molecule has 0 saturated heterocycles. The van der Waals surface area contributed by atoms with Gasteiger partial charge in [0.15, 0.2) is 0 Å². The molecule has 5 nitrogen and oxygen atoms in total. The van der Waals surface area contributed by atoms with Gasteiger partial charge in [0.2, 0.25) is 10.0 Å². The van der Waals surface area contributed by atoms with Gasteiger partial charge in [-0.15, -0.1) is 11.6 Å². The van der Waals surface area contributed by atoms with E-state index in [0.29, 0.717) is 0 Å². The molecule has 0 radical (unpaired) electrons. The lowest BCUT2D eigenvalue weighted by Gasteiger charge is -2.09. The second-order valence-electron chi connectivity index (χ2n) is 3.16. The standard InChI is InChI=1S/C10H12ClNO4S/c1-16-10(13)9(11)7-12-17(14,15)8-5-3-2-4-6-8/h2-6,9,12H,7H2,1H3. The Balaban J connectivity index is 2.66. The largest absolute Gasteiger partial charge is 0.468 e. The Labute approximate surface area is 105 Å². The van der Waals surface area contributed by atoms with Gasteiger partial charge in [-0.1, -0.05) is 18.2 Å². The summed E-state index contributed by atoms with van der Waals surface area (Å²) in [7, 11) is -2.46. The van der Waals surface area contributed by atoms with E-state index in [4.69, 9.17) is 11.6 Å². The van der Waals surface area contributed by atoms with Gasteiger partial charge in [-0.05, 0) is 12.1 Å². The van der Waals surface area contributed by atoms with Gasteiger partial charge in [-0.25, -0.2) is 13.1 Å². The van der Waals surface area contributed by atoms with Crippen molar-refractivity contribution in [2.45, 2.75) is 10.3 Å². The fourth-order valence-electron chi connectivity index (χ4n) is 1.08. The molecule has 17 heavy (non-hydrogen) atoms. The molecule has 0 fully saturated rings. The van der Waals surface area contributed by atoms with Crippen LogP contribution in [0.2, 0.25) is 0 Å². The highest BCUT2D eigenvalue weighted by atomic mass is 35.5. The third-order valence-corrected chi connectivity index (χ3v) is 3.73. The van der Waals surface area contributed by atoms with E-state index >= 15 is 0 Å². The van der Waals surface area contributed by atoms with Crippen LogP contribution in [0.25, 0.3) is 0 Å². The van der Waals surface area contributed by atoms with Crippen molar-refractivity contribution in [3.63, 3.8) is 0 Å². The van der Waals surface area contributed by atoms with Crippen LogP contribution in [-0.4, -0.2) is 33.4 Å². The number of carbonyl (C=O) groups excluding carboxylic acids is 1. The van der Waals surface area contributed by atoms with Crippen LogP contribution in [0.1, 0.15) is 0 Å². The molecule has 94 valence electrons.